The van der Waals surface area contributed by atoms with E-state index in [1.807, 2.05) is 48.5 Å². The predicted octanol–water partition coefficient (Wildman–Crippen LogP) is 5.42. The smallest absolute Gasteiger partial charge is 0.161 e. The Morgan fingerprint density at radius 2 is 1.48 bits per heavy atom. The number of ketones is 1. The molecular weight excluding hydrogens is 296 g/mol. The van der Waals surface area contributed by atoms with Gasteiger partial charge in [0, 0.05) is 15.4 Å². The van der Waals surface area contributed by atoms with Crippen LogP contribution in [0.4, 0.5) is 0 Å². The Kier molecular flexibility index (Phi) is 4.32. The highest BCUT2D eigenvalue weighted by Gasteiger charge is 2.20. The molecule has 2 aromatic rings. The van der Waals surface area contributed by atoms with E-state index in [0.717, 1.165) is 16.0 Å². The lowest BCUT2D eigenvalue weighted by atomic mass is 10.0. The molecule has 1 nitrogen and oxygen atoms in total. The van der Waals surface area contributed by atoms with E-state index in [4.69, 9.17) is 0 Å². The van der Waals surface area contributed by atoms with Crippen molar-refractivity contribution in [1.29, 1.82) is 0 Å². The van der Waals surface area contributed by atoms with Crippen LogP contribution < -0.4 is 0 Å². The minimum absolute atomic E-state index is 0.106. The van der Waals surface area contributed by atoms with Crippen molar-refractivity contribution >= 4 is 37.8 Å². The SMILES string of the molecule is CC(=O)/C(=C1/C=C(c2ccccc2)SS1)c1ccccc1. The third-order valence-corrected chi connectivity index (χ3v) is 5.65. The second kappa shape index (κ2) is 6.37. The third-order valence-electron chi connectivity index (χ3n) is 3.20. The van der Waals surface area contributed by atoms with Crippen molar-refractivity contribution in [3.8, 4) is 0 Å². The number of carbonyl (C=O) groups excluding carboxylic acids is 1. The van der Waals surface area contributed by atoms with Crippen LogP contribution in [0.3, 0.4) is 0 Å². The monoisotopic (exact) mass is 310 g/mol. The van der Waals surface area contributed by atoms with Crippen LogP contribution >= 0.6 is 21.6 Å². The average Bonchev–Trinajstić information content (AvgIpc) is 2.98. The minimum atomic E-state index is 0.106. The van der Waals surface area contributed by atoms with Gasteiger partial charge in [-0.25, -0.2) is 0 Å². The van der Waals surface area contributed by atoms with Crippen LogP contribution in [0, 0.1) is 0 Å². The summed E-state index contributed by atoms with van der Waals surface area (Å²) < 4.78 is 0. The molecule has 0 fully saturated rings. The maximum absolute atomic E-state index is 12.1. The molecule has 0 saturated heterocycles. The fourth-order valence-corrected chi connectivity index (χ4v) is 4.76. The van der Waals surface area contributed by atoms with E-state index in [2.05, 4.69) is 18.2 Å². The first kappa shape index (κ1) is 14.2. The van der Waals surface area contributed by atoms with Crippen molar-refractivity contribution in [2.45, 2.75) is 6.92 Å². The van der Waals surface area contributed by atoms with E-state index in [0.29, 0.717) is 0 Å². The van der Waals surface area contributed by atoms with Crippen molar-refractivity contribution in [1.82, 2.24) is 0 Å². The van der Waals surface area contributed by atoms with Gasteiger partial charge in [0.1, 0.15) is 0 Å². The lowest BCUT2D eigenvalue weighted by Crippen LogP contribution is -1.97. The molecule has 0 amide bonds. The first-order valence-electron chi connectivity index (χ1n) is 6.68. The number of benzene rings is 2. The maximum atomic E-state index is 12.1. The molecule has 1 aliphatic rings. The normalized spacial score (nSPS) is 16.5. The molecule has 3 heteroatoms. The summed E-state index contributed by atoms with van der Waals surface area (Å²) in [5.41, 5.74) is 2.98. The highest BCUT2D eigenvalue weighted by molar-refractivity contribution is 8.82. The van der Waals surface area contributed by atoms with Crippen LogP contribution in [-0.4, -0.2) is 5.78 Å². The molecule has 104 valence electrons. The summed E-state index contributed by atoms with van der Waals surface area (Å²) in [6.07, 6.45) is 2.12. The topological polar surface area (TPSA) is 17.1 Å². The van der Waals surface area contributed by atoms with Crippen LogP contribution in [0.2, 0.25) is 0 Å². The summed E-state index contributed by atoms with van der Waals surface area (Å²) in [6.45, 7) is 1.63. The Bertz CT molecular complexity index is 715. The van der Waals surface area contributed by atoms with E-state index in [1.165, 1.54) is 10.5 Å². The summed E-state index contributed by atoms with van der Waals surface area (Å²) >= 11 is 0. The summed E-state index contributed by atoms with van der Waals surface area (Å²) in [5, 5.41) is 0. The molecule has 0 atom stereocenters. The zero-order valence-corrected chi connectivity index (χ0v) is 13.2. The fourth-order valence-electron chi connectivity index (χ4n) is 2.23. The van der Waals surface area contributed by atoms with E-state index >= 15 is 0 Å². The molecule has 0 spiro atoms. The zero-order valence-electron chi connectivity index (χ0n) is 11.6. The quantitative estimate of drug-likeness (QED) is 0.556. The Balaban J connectivity index is 2.05. The Morgan fingerprint density at radius 1 is 0.857 bits per heavy atom. The second-order valence-corrected chi connectivity index (χ2v) is 6.92. The van der Waals surface area contributed by atoms with Crippen LogP contribution in [0.25, 0.3) is 10.5 Å². The first-order valence-corrected chi connectivity index (χ1v) is 8.83. The van der Waals surface area contributed by atoms with Crippen molar-refractivity contribution in [3.63, 3.8) is 0 Å². The van der Waals surface area contributed by atoms with Gasteiger partial charge in [0.2, 0.25) is 0 Å². The lowest BCUT2D eigenvalue weighted by Gasteiger charge is -2.06. The highest BCUT2D eigenvalue weighted by Crippen LogP contribution is 2.51. The molecule has 0 N–H and O–H groups in total. The molecule has 21 heavy (non-hydrogen) atoms. The van der Waals surface area contributed by atoms with Crippen molar-refractivity contribution in [2.75, 3.05) is 0 Å². The van der Waals surface area contributed by atoms with E-state index in [9.17, 15) is 4.79 Å². The zero-order chi connectivity index (χ0) is 14.7. The number of Topliss-reactive ketones (excluding diaryl/α,β-unsaturated/α-hetero) is 1. The molecule has 0 aliphatic carbocycles. The van der Waals surface area contributed by atoms with Crippen LogP contribution in [-0.2, 0) is 4.79 Å². The van der Waals surface area contributed by atoms with Gasteiger partial charge in [0.15, 0.2) is 5.78 Å². The summed E-state index contributed by atoms with van der Waals surface area (Å²) in [4.78, 5) is 14.3. The van der Waals surface area contributed by atoms with Gasteiger partial charge < -0.3 is 0 Å². The van der Waals surface area contributed by atoms with Gasteiger partial charge in [-0.2, -0.15) is 0 Å². The van der Waals surface area contributed by atoms with Crippen LogP contribution in [0.1, 0.15) is 18.1 Å². The predicted molar refractivity (Wildman–Crippen MR) is 93.6 cm³/mol. The van der Waals surface area contributed by atoms with Crippen LogP contribution in [0.5, 0.6) is 0 Å². The number of carbonyl (C=O) groups is 1. The third kappa shape index (κ3) is 3.14. The van der Waals surface area contributed by atoms with Gasteiger partial charge in [0.25, 0.3) is 0 Å². The molecule has 0 unspecified atom stereocenters. The van der Waals surface area contributed by atoms with Crippen LogP contribution in [0.15, 0.2) is 71.6 Å². The molecule has 2 aromatic carbocycles. The van der Waals surface area contributed by atoms with E-state index in [1.54, 1.807) is 28.5 Å². The van der Waals surface area contributed by atoms with Gasteiger partial charge in [-0.3, -0.25) is 4.79 Å². The first-order chi connectivity index (χ1) is 10.3. The molecule has 0 aromatic heterocycles. The van der Waals surface area contributed by atoms with Crippen molar-refractivity contribution in [3.05, 3.63) is 82.8 Å². The van der Waals surface area contributed by atoms with Gasteiger partial charge >= 0.3 is 0 Å². The Hall–Kier alpha value is -1.71. The highest BCUT2D eigenvalue weighted by atomic mass is 33.1. The average molecular weight is 310 g/mol. The fraction of sp³-hybridized carbons (Fsp3) is 0.0556. The molecule has 3 rings (SSSR count). The summed E-state index contributed by atoms with van der Waals surface area (Å²) in [6, 6.07) is 20.1. The molecule has 0 saturated carbocycles. The molecule has 0 radical (unpaired) electrons. The molecule has 0 bridgehead atoms. The second-order valence-electron chi connectivity index (χ2n) is 4.70. The number of hydrogen-bond donors (Lipinski definition) is 0. The Morgan fingerprint density at radius 3 is 2.10 bits per heavy atom. The van der Waals surface area contributed by atoms with Gasteiger partial charge in [-0.1, -0.05) is 82.3 Å². The van der Waals surface area contributed by atoms with Crippen molar-refractivity contribution < 1.29 is 4.79 Å². The van der Waals surface area contributed by atoms with Gasteiger partial charge in [0.05, 0.1) is 0 Å². The van der Waals surface area contributed by atoms with Gasteiger partial charge in [-0.05, 0) is 24.1 Å². The van der Waals surface area contributed by atoms with E-state index in [-0.39, 0.29) is 5.78 Å². The number of hydrogen-bond acceptors (Lipinski definition) is 3. The minimum Gasteiger partial charge on any atom is -0.294 e. The lowest BCUT2D eigenvalue weighted by molar-refractivity contribution is -0.111. The van der Waals surface area contributed by atoms with Gasteiger partial charge in [-0.15, -0.1) is 0 Å². The maximum Gasteiger partial charge on any atom is 0.161 e. The summed E-state index contributed by atoms with van der Waals surface area (Å²) in [7, 11) is 3.37. The number of allylic oxidation sites excluding steroid dienone is 2. The molecule has 1 aliphatic heterocycles. The molecular formula is C18H14OS2. The van der Waals surface area contributed by atoms with E-state index < -0.39 is 0 Å². The molecule has 1 heterocycles. The van der Waals surface area contributed by atoms with Crippen molar-refractivity contribution in [2.24, 2.45) is 0 Å². The summed E-state index contributed by atoms with van der Waals surface area (Å²) in [5.74, 6) is 0.106. The number of rotatable bonds is 3. The largest absolute Gasteiger partial charge is 0.294 e. The standard InChI is InChI=1S/C18H14OS2/c1-13(19)18(15-10-6-3-7-11-15)17-12-16(20-21-17)14-8-4-2-5-9-14/h2-12H,1H3/b18-17+. The Labute approximate surface area is 132 Å².